The molecule has 0 saturated heterocycles. The summed E-state index contributed by atoms with van der Waals surface area (Å²) >= 11 is 0. The van der Waals surface area contributed by atoms with Crippen molar-refractivity contribution in [2.24, 2.45) is 0 Å². The first kappa shape index (κ1) is 4.90. The Morgan fingerprint density at radius 3 is 3.00 bits per heavy atom. The molecule has 0 atom stereocenters. The van der Waals surface area contributed by atoms with Crippen LogP contribution in [0.4, 0.5) is 0 Å². The lowest BCUT2D eigenvalue weighted by Gasteiger charge is -1.92. The Hall–Kier alpha value is -1.25. The van der Waals surface area contributed by atoms with Gasteiger partial charge in [0.1, 0.15) is 0 Å². The van der Waals surface area contributed by atoms with Gasteiger partial charge in [0.25, 0.3) is 0 Å². The first-order chi connectivity index (χ1) is 3.89. The van der Waals surface area contributed by atoms with Crippen molar-refractivity contribution in [3.8, 4) is 0 Å². The molecule has 0 fully saturated rings. The highest BCUT2D eigenvalue weighted by atomic mass is 16.9. The average molecular weight is 111 g/mol. The molecule has 0 aromatic carbocycles. The Morgan fingerprint density at radius 1 is 1.25 bits per heavy atom. The van der Waals surface area contributed by atoms with Crippen LogP contribution in [0.5, 0.6) is 0 Å². The fourth-order valence-corrected chi connectivity index (χ4v) is 0.360. The van der Waals surface area contributed by atoms with Crippen molar-refractivity contribution in [1.82, 2.24) is 0 Å². The molecule has 1 rings (SSSR count). The van der Waals surface area contributed by atoms with Crippen molar-refractivity contribution in [2.45, 2.75) is 0 Å². The number of hydrogen-bond donors (Lipinski definition) is 0. The largest absolute Gasteiger partial charge is 0.375 e. The van der Waals surface area contributed by atoms with Crippen LogP contribution in [0.15, 0.2) is 24.5 Å². The van der Waals surface area contributed by atoms with Crippen LogP contribution in [-0.4, -0.2) is 11.1 Å². The number of allylic oxidation sites excluding steroid dienone is 3. The highest BCUT2D eigenvalue weighted by Crippen LogP contribution is 1.84. The van der Waals surface area contributed by atoms with Crippen LogP contribution in [0.3, 0.4) is 0 Å². The van der Waals surface area contributed by atoms with Crippen LogP contribution in [0.1, 0.15) is 0 Å². The summed E-state index contributed by atoms with van der Waals surface area (Å²) in [4.78, 5) is 4.76. The van der Waals surface area contributed by atoms with Crippen molar-refractivity contribution in [1.29, 1.82) is 0 Å². The van der Waals surface area contributed by atoms with Crippen LogP contribution in [0, 0.1) is 5.21 Å². The fourth-order valence-electron chi connectivity index (χ4n) is 0.360. The summed E-state index contributed by atoms with van der Waals surface area (Å²) < 4.78 is 0. The molecule has 0 bridgehead atoms. The van der Waals surface area contributed by atoms with Gasteiger partial charge in [-0.2, -0.15) is 0 Å². The van der Waals surface area contributed by atoms with Crippen LogP contribution in [0.2, 0.25) is 0 Å². The summed E-state index contributed by atoms with van der Waals surface area (Å²) in [6, 6.07) is 0. The summed E-state index contributed by atoms with van der Waals surface area (Å²) in [5.41, 5.74) is 0. The van der Waals surface area contributed by atoms with Crippen LogP contribution < -0.4 is 0 Å². The van der Waals surface area contributed by atoms with Crippen LogP contribution >= 0.6 is 0 Å². The molecule has 1 aliphatic heterocycles. The van der Waals surface area contributed by atoms with Gasteiger partial charge < -0.3 is 4.84 Å². The number of rotatable bonds is 0. The third kappa shape index (κ3) is 1.11. The van der Waals surface area contributed by atoms with E-state index >= 15 is 0 Å². The van der Waals surface area contributed by atoms with E-state index in [9.17, 15) is 5.21 Å². The Kier molecular flexibility index (Phi) is 1.32. The van der Waals surface area contributed by atoms with Gasteiger partial charge in [0.05, 0.1) is 0 Å². The second kappa shape index (κ2) is 2.16. The minimum absolute atomic E-state index is 0.375. The van der Waals surface area contributed by atoms with Crippen LogP contribution in [-0.2, 0) is 4.84 Å². The highest BCUT2D eigenvalue weighted by molar-refractivity contribution is 5.66. The van der Waals surface area contributed by atoms with E-state index in [-0.39, 0.29) is 0 Å². The van der Waals surface area contributed by atoms with Crippen molar-refractivity contribution >= 4 is 6.21 Å². The third-order valence-corrected chi connectivity index (χ3v) is 0.673. The predicted octanol–water partition coefficient (Wildman–Crippen LogP) is 0.583. The van der Waals surface area contributed by atoms with Gasteiger partial charge in [0.2, 0.25) is 6.21 Å². The van der Waals surface area contributed by atoms with E-state index in [4.69, 9.17) is 0 Å². The maximum absolute atomic E-state index is 10.2. The molecule has 8 heavy (non-hydrogen) atoms. The minimum Gasteiger partial charge on any atom is -0.375 e. The molecular formula is C5H5NO2. The van der Waals surface area contributed by atoms with E-state index in [2.05, 4.69) is 4.84 Å². The average Bonchev–Trinajstić information content (AvgIpc) is 1.94. The summed E-state index contributed by atoms with van der Waals surface area (Å²) in [5.74, 6) is 0. The Bertz CT molecular complexity index is 158. The highest BCUT2D eigenvalue weighted by Gasteiger charge is 1.84. The van der Waals surface area contributed by atoms with E-state index in [1.54, 1.807) is 18.2 Å². The normalized spacial score (nSPS) is 16.8. The first-order valence-corrected chi connectivity index (χ1v) is 2.19. The topological polar surface area (TPSA) is 35.3 Å². The standard InChI is InChI=1S/C5H5NO2/c7-6-4-2-1-3-5-8-6/h1-5H. The van der Waals surface area contributed by atoms with Gasteiger partial charge in [0, 0.05) is 17.2 Å². The van der Waals surface area contributed by atoms with Crippen molar-refractivity contribution in [2.75, 3.05) is 0 Å². The van der Waals surface area contributed by atoms with E-state index in [1.165, 1.54) is 12.5 Å². The van der Waals surface area contributed by atoms with E-state index in [0.29, 0.717) is 4.90 Å². The lowest BCUT2D eigenvalue weighted by atomic mass is 10.5. The smallest absolute Gasteiger partial charge is 0.233 e. The van der Waals surface area contributed by atoms with Crippen molar-refractivity contribution in [3.05, 3.63) is 29.7 Å². The van der Waals surface area contributed by atoms with Gasteiger partial charge in [-0.3, -0.25) is 5.21 Å². The zero-order valence-electron chi connectivity index (χ0n) is 4.15. The van der Waals surface area contributed by atoms with Crippen LogP contribution in [0.25, 0.3) is 0 Å². The molecule has 0 aliphatic carbocycles. The zero-order chi connectivity index (χ0) is 5.82. The lowest BCUT2D eigenvalue weighted by molar-refractivity contribution is -0.717. The Balaban J connectivity index is 2.69. The first-order valence-electron chi connectivity index (χ1n) is 2.19. The van der Waals surface area contributed by atoms with E-state index in [0.717, 1.165) is 0 Å². The van der Waals surface area contributed by atoms with Gasteiger partial charge in [-0.1, -0.05) is 6.08 Å². The lowest BCUT2D eigenvalue weighted by Crippen LogP contribution is -1.97. The molecule has 0 aromatic rings. The summed E-state index contributed by atoms with van der Waals surface area (Å²) in [7, 11) is 0. The molecule has 1 heterocycles. The Labute approximate surface area is 46.7 Å². The van der Waals surface area contributed by atoms with Gasteiger partial charge in [-0.25, -0.2) is 0 Å². The Morgan fingerprint density at radius 2 is 2.12 bits per heavy atom. The summed E-state index contributed by atoms with van der Waals surface area (Å²) in [6.07, 6.45) is 7.52. The van der Waals surface area contributed by atoms with Crippen molar-refractivity contribution in [3.63, 3.8) is 0 Å². The van der Waals surface area contributed by atoms with Gasteiger partial charge >= 0.3 is 0 Å². The maximum Gasteiger partial charge on any atom is 0.233 e. The molecule has 0 unspecified atom stereocenters. The number of hydrogen-bond acceptors (Lipinski definition) is 2. The third-order valence-electron chi connectivity index (χ3n) is 0.673. The molecule has 3 heteroatoms. The molecule has 0 radical (unpaired) electrons. The predicted molar refractivity (Wildman–Crippen MR) is 29.1 cm³/mol. The second-order valence-corrected chi connectivity index (χ2v) is 1.25. The molecule has 0 spiro atoms. The summed E-state index contributed by atoms with van der Waals surface area (Å²) in [5, 5.41) is 10.2. The molecule has 3 nitrogen and oxygen atoms in total. The SMILES string of the molecule is [O-][N+]1=CC=CC=CO1. The van der Waals surface area contributed by atoms with E-state index < -0.39 is 0 Å². The molecule has 0 aromatic heterocycles. The molecule has 0 amide bonds. The quantitative estimate of drug-likeness (QED) is 0.428. The molecule has 0 saturated carbocycles. The van der Waals surface area contributed by atoms with E-state index in [1.807, 2.05) is 0 Å². The fraction of sp³-hybridized carbons (Fsp3) is 0. The van der Waals surface area contributed by atoms with Gasteiger partial charge in [-0.15, -0.1) is 0 Å². The zero-order valence-corrected chi connectivity index (χ0v) is 4.15. The maximum atomic E-state index is 10.2. The molecular weight excluding hydrogens is 106 g/mol. The molecule has 1 aliphatic rings. The minimum atomic E-state index is 0.375. The van der Waals surface area contributed by atoms with Gasteiger partial charge in [-0.05, 0) is 6.08 Å². The van der Waals surface area contributed by atoms with Gasteiger partial charge in [0.15, 0.2) is 0 Å². The summed E-state index contributed by atoms with van der Waals surface area (Å²) in [6.45, 7) is 0. The monoisotopic (exact) mass is 111 g/mol. The molecule has 42 valence electrons. The number of nitrogens with zero attached hydrogens (tertiary/aromatic N) is 1. The second-order valence-electron chi connectivity index (χ2n) is 1.25. The molecule has 0 N–H and O–H groups in total. The van der Waals surface area contributed by atoms with Crippen molar-refractivity contribution < 1.29 is 9.74 Å².